The van der Waals surface area contributed by atoms with Gasteiger partial charge in [0.1, 0.15) is 5.82 Å². The monoisotopic (exact) mass is 348 g/mol. The third-order valence-corrected chi connectivity index (χ3v) is 4.57. The predicted molar refractivity (Wildman–Crippen MR) is 83.1 cm³/mol. The molecule has 0 bridgehead atoms. The first-order valence-corrected chi connectivity index (χ1v) is 7.83. The summed E-state index contributed by atoms with van der Waals surface area (Å²) in [6.07, 6.45) is 1.92. The summed E-state index contributed by atoms with van der Waals surface area (Å²) in [5.41, 5.74) is 1.64. The summed E-state index contributed by atoms with van der Waals surface area (Å²) in [6.45, 7) is 4.81. The average molecular weight is 349 g/mol. The maximum Gasteiger partial charge on any atom is 0.253 e. The topological polar surface area (TPSA) is 59.8 Å². The van der Waals surface area contributed by atoms with Crippen LogP contribution in [0.5, 0.6) is 0 Å². The average Bonchev–Trinajstić information content (AvgIpc) is 2.82. The van der Waals surface area contributed by atoms with Gasteiger partial charge in [0, 0.05) is 11.0 Å². The van der Waals surface area contributed by atoms with E-state index in [1.807, 2.05) is 32.0 Å². The van der Waals surface area contributed by atoms with Crippen molar-refractivity contribution in [3.05, 3.63) is 45.4 Å². The molecular formula is C15H17BrN4O. The van der Waals surface area contributed by atoms with Crippen LogP contribution in [0.1, 0.15) is 46.5 Å². The van der Waals surface area contributed by atoms with Gasteiger partial charge in [0.15, 0.2) is 5.82 Å². The van der Waals surface area contributed by atoms with E-state index in [0.29, 0.717) is 5.56 Å². The molecule has 0 fully saturated rings. The number of benzene rings is 1. The van der Waals surface area contributed by atoms with Gasteiger partial charge in [-0.25, -0.2) is 0 Å². The van der Waals surface area contributed by atoms with Crippen LogP contribution in [-0.4, -0.2) is 20.7 Å². The molecule has 1 aromatic heterocycles. The van der Waals surface area contributed by atoms with Crippen LogP contribution in [0.3, 0.4) is 0 Å². The fourth-order valence-electron chi connectivity index (χ4n) is 2.80. The normalized spacial score (nSPS) is 17.4. The second-order valence-electron chi connectivity index (χ2n) is 5.36. The summed E-state index contributed by atoms with van der Waals surface area (Å²) in [5, 5.41) is 11.4. The minimum atomic E-state index is -0.0704. The Morgan fingerprint density at radius 2 is 2.19 bits per heavy atom. The molecule has 110 valence electrons. The molecule has 5 nitrogen and oxygen atoms in total. The molecule has 0 aliphatic carbocycles. The molecule has 1 unspecified atom stereocenters. The van der Waals surface area contributed by atoms with E-state index in [2.05, 4.69) is 36.0 Å². The molecule has 0 saturated carbocycles. The van der Waals surface area contributed by atoms with Gasteiger partial charge in [0.2, 0.25) is 0 Å². The van der Waals surface area contributed by atoms with Gasteiger partial charge in [0.05, 0.1) is 11.6 Å². The Bertz CT molecular complexity index is 675. The first-order valence-electron chi connectivity index (χ1n) is 7.03. The molecule has 1 amide bonds. The molecule has 1 aliphatic rings. The highest BCUT2D eigenvalue weighted by Gasteiger charge is 2.26. The largest absolute Gasteiger partial charge is 0.342 e. The number of fused-ring (bicyclic) bond motifs is 1. The Kier molecular flexibility index (Phi) is 3.80. The lowest BCUT2D eigenvalue weighted by Crippen LogP contribution is -2.33. The maximum absolute atomic E-state index is 12.6. The van der Waals surface area contributed by atoms with Gasteiger partial charge in [0.25, 0.3) is 5.91 Å². The molecule has 6 heteroatoms. The van der Waals surface area contributed by atoms with E-state index in [1.54, 1.807) is 0 Å². The van der Waals surface area contributed by atoms with Crippen molar-refractivity contribution in [1.29, 1.82) is 0 Å². The predicted octanol–water partition coefficient (Wildman–Crippen LogP) is 2.92. The minimum absolute atomic E-state index is 0.0703. The Balaban J connectivity index is 1.86. The zero-order valence-corrected chi connectivity index (χ0v) is 13.6. The van der Waals surface area contributed by atoms with Gasteiger partial charge < -0.3 is 9.88 Å². The highest BCUT2D eigenvalue weighted by atomic mass is 79.9. The molecule has 0 saturated heterocycles. The highest BCUT2D eigenvalue weighted by Crippen LogP contribution is 2.26. The van der Waals surface area contributed by atoms with Crippen molar-refractivity contribution in [3.63, 3.8) is 0 Å². The Labute approximate surface area is 131 Å². The fraction of sp³-hybridized carbons (Fsp3) is 0.400. The second kappa shape index (κ2) is 5.60. The summed E-state index contributed by atoms with van der Waals surface area (Å²) in [4.78, 5) is 12.6. The zero-order valence-electron chi connectivity index (χ0n) is 12.1. The van der Waals surface area contributed by atoms with Crippen molar-refractivity contribution in [2.24, 2.45) is 0 Å². The number of nitrogens with zero attached hydrogens (tertiary/aromatic N) is 3. The Hall–Kier alpha value is -1.69. The second-order valence-corrected chi connectivity index (χ2v) is 6.21. The van der Waals surface area contributed by atoms with Gasteiger partial charge in [-0.05, 0) is 54.2 Å². The molecule has 1 N–H and O–H groups in total. The van der Waals surface area contributed by atoms with E-state index >= 15 is 0 Å². The quantitative estimate of drug-likeness (QED) is 0.907. The van der Waals surface area contributed by atoms with Gasteiger partial charge >= 0.3 is 0 Å². The summed E-state index contributed by atoms with van der Waals surface area (Å²) in [6, 6.07) is 5.68. The number of nitrogens with one attached hydrogen (secondary N) is 1. The molecule has 1 aromatic carbocycles. The van der Waals surface area contributed by atoms with Crippen molar-refractivity contribution in [3.8, 4) is 0 Å². The first kappa shape index (κ1) is 14.3. The van der Waals surface area contributed by atoms with Crippen molar-refractivity contribution < 1.29 is 4.79 Å². The van der Waals surface area contributed by atoms with E-state index in [1.165, 1.54) is 0 Å². The van der Waals surface area contributed by atoms with Gasteiger partial charge in [-0.2, -0.15) is 0 Å². The third kappa shape index (κ3) is 2.60. The number of amides is 1. The molecule has 1 atom stereocenters. The van der Waals surface area contributed by atoms with Crippen LogP contribution in [0, 0.1) is 13.8 Å². The number of aryl methyl sites for hydroxylation is 2. The van der Waals surface area contributed by atoms with Crippen LogP contribution in [0.2, 0.25) is 0 Å². The van der Waals surface area contributed by atoms with Crippen molar-refractivity contribution in [1.82, 2.24) is 20.1 Å². The van der Waals surface area contributed by atoms with Crippen molar-refractivity contribution in [2.75, 3.05) is 0 Å². The summed E-state index contributed by atoms with van der Waals surface area (Å²) in [7, 11) is 0. The molecule has 3 rings (SSSR count). The number of aromatic nitrogens is 3. The number of hydrogen-bond acceptors (Lipinski definition) is 3. The molecule has 0 spiro atoms. The number of carbonyl (C=O) groups is 1. The van der Waals surface area contributed by atoms with Crippen molar-refractivity contribution >= 4 is 21.8 Å². The van der Waals surface area contributed by atoms with Crippen LogP contribution < -0.4 is 5.32 Å². The standard InChI is InChI=1S/C15H17BrN4O/c1-9-5-3-6-11(16)13(9)15(21)17-12-7-4-8-20-10(2)18-19-14(12)20/h3,5-6,12H,4,7-8H2,1-2H3,(H,17,21). The summed E-state index contributed by atoms with van der Waals surface area (Å²) in [5.74, 6) is 1.69. The zero-order chi connectivity index (χ0) is 15.0. The molecule has 2 heterocycles. The molecule has 0 radical (unpaired) electrons. The van der Waals surface area contributed by atoms with Crippen LogP contribution in [0.15, 0.2) is 22.7 Å². The highest BCUT2D eigenvalue weighted by molar-refractivity contribution is 9.10. The van der Waals surface area contributed by atoms with Gasteiger partial charge in [-0.15, -0.1) is 10.2 Å². The lowest BCUT2D eigenvalue weighted by molar-refractivity contribution is 0.0926. The lowest BCUT2D eigenvalue weighted by atomic mass is 10.0. The SMILES string of the molecule is Cc1cccc(Br)c1C(=O)NC1CCCn2c(C)nnc21. The van der Waals surface area contributed by atoms with E-state index in [4.69, 9.17) is 0 Å². The summed E-state index contributed by atoms with van der Waals surface area (Å²) < 4.78 is 2.90. The van der Waals surface area contributed by atoms with Gasteiger partial charge in [-0.3, -0.25) is 4.79 Å². The summed E-state index contributed by atoms with van der Waals surface area (Å²) >= 11 is 3.45. The molecule has 1 aliphatic heterocycles. The number of hydrogen-bond donors (Lipinski definition) is 1. The van der Waals surface area contributed by atoms with E-state index in [9.17, 15) is 4.79 Å². The molecule has 2 aromatic rings. The minimum Gasteiger partial charge on any atom is -0.342 e. The Morgan fingerprint density at radius 1 is 1.38 bits per heavy atom. The number of halogens is 1. The fourth-order valence-corrected chi connectivity index (χ4v) is 3.45. The molecular weight excluding hydrogens is 332 g/mol. The van der Waals surface area contributed by atoms with Crippen LogP contribution in [0.25, 0.3) is 0 Å². The van der Waals surface area contributed by atoms with E-state index in [0.717, 1.165) is 41.1 Å². The van der Waals surface area contributed by atoms with Gasteiger partial charge in [-0.1, -0.05) is 12.1 Å². The van der Waals surface area contributed by atoms with Crippen LogP contribution in [0.4, 0.5) is 0 Å². The van der Waals surface area contributed by atoms with Crippen molar-refractivity contribution in [2.45, 2.75) is 39.3 Å². The smallest absolute Gasteiger partial charge is 0.253 e. The number of rotatable bonds is 2. The maximum atomic E-state index is 12.6. The van der Waals surface area contributed by atoms with Crippen LogP contribution in [-0.2, 0) is 6.54 Å². The van der Waals surface area contributed by atoms with Crippen LogP contribution >= 0.6 is 15.9 Å². The van der Waals surface area contributed by atoms with E-state index < -0.39 is 0 Å². The first-order chi connectivity index (χ1) is 10.1. The third-order valence-electron chi connectivity index (χ3n) is 3.90. The molecule has 21 heavy (non-hydrogen) atoms. The lowest BCUT2D eigenvalue weighted by Gasteiger charge is -2.24. The van der Waals surface area contributed by atoms with E-state index in [-0.39, 0.29) is 11.9 Å². The Morgan fingerprint density at radius 3 is 2.95 bits per heavy atom. The number of carbonyl (C=O) groups excluding carboxylic acids is 1.